The molecule has 4 nitrogen and oxygen atoms in total. The Morgan fingerprint density at radius 3 is 2.24 bits per heavy atom. The molecule has 0 bridgehead atoms. The Morgan fingerprint density at radius 2 is 1.82 bits per heavy atom. The van der Waals surface area contributed by atoms with Crippen LogP contribution >= 0.6 is 7.82 Å². The number of rotatable bonds is 8. The molecule has 0 aromatic carbocycles. The third-order valence-electron chi connectivity index (χ3n) is 1.69. The van der Waals surface area contributed by atoms with Gasteiger partial charge in [0.25, 0.3) is 0 Å². The molecule has 0 saturated heterocycles. The fraction of sp³-hybridized carbons (Fsp3) is 0.667. The number of allylic oxidation sites excluding steroid dienone is 2. The highest BCUT2D eigenvalue weighted by Crippen LogP contribution is 2.43. The molecule has 0 amide bonds. The van der Waals surface area contributed by atoms with Crippen LogP contribution in [0.2, 0.25) is 0 Å². The number of hydrogen-bond acceptors (Lipinski definition) is 3. The van der Waals surface area contributed by atoms with Crippen LogP contribution in [0.4, 0.5) is 0 Å². The fourth-order valence-electron chi connectivity index (χ4n) is 0.716. The number of unbranched alkanes of at least 4 members (excludes halogenated alkanes) is 2. The molecular formula is C12H25O4P. The van der Waals surface area contributed by atoms with E-state index in [2.05, 4.69) is 15.6 Å². The lowest BCUT2D eigenvalue weighted by atomic mass is 10.3. The van der Waals surface area contributed by atoms with Gasteiger partial charge in [0, 0.05) is 0 Å². The van der Waals surface area contributed by atoms with E-state index < -0.39 is 7.82 Å². The number of hydrogen-bond donors (Lipinski definition) is 1. The monoisotopic (exact) mass is 264 g/mol. The van der Waals surface area contributed by atoms with E-state index in [0.717, 1.165) is 19.3 Å². The summed E-state index contributed by atoms with van der Waals surface area (Å²) in [5.41, 5.74) is 0. The van der Waals surface area contributed by atoms with Gasteiger partial charge in [0.15, 0.2) is 0 Å². The molecule has 0 fully saturated rings. The van der Waals surface area contributed by atoms with Crippen LogP contribution in [-0.4, -0.2) is 18.1 Å². The largest absolute Gasteiger partial charge is 0.472 e. The van der Waals surface area contributed by atoms with Crippen LogP contribution in [0.15, 0.2) is 24.8 Å². The first-order chi connectivity index (χ1) is 8.04. The molecule has 1 unspecified atom stereocenters. The van der Waals surface area contributed by atoms with Crippen molar-refractivity contribution in [2.45, 2.75) is 40.0 Å². The first kappa shape index (κ1) is 18.9. The molecule has 0 aromatic rings. The molecule has 0 saturated carbocycles. The zero-order valence-electron chi connectivity index (χ0n) is 11.1. The van der Waals surface area contributed by atoms with Crippen molar-refractivity contribution in [2.75, 3.05) is 13.2 Å². The quantitative estimate of drug-likeness (QED) is 0.408. The molecule has 5 heteroatoms. The lowest BCUT2D eigenvalue weighted by molar-refractivity contribution is 0.159. The van der Waals surface area contributed by atoms with Gasteiger partial charge in [-0.3, -0.25) is 9.05 Å². The lowest BCUT2D eigenvalue weighted by Crippen LogP contribution is -1.96. The van der Waals surface area contributed by atoms with E-state index in [1.807, 2.05) is 32.9 Å². The first-order valence-corrected chi connectivity index (χ1v) is 7.33. The van der Waals surface area contributed by atoms with Gasteiger partial charge in [0.05, 0.1) is 13.2 Å². The third-order valence-corrected chi connectivity index (χ3v) is 2.68. The zero-order chi connectivity index (χ0) is 13.6. The molecule has 0 aromatic heterocycles. The maximum atomic E-state index is 11.0. The van der Waals surface area contributed by atoms with Gasteiger partial charge >= 0.3 is 7.82 Å². The van der Waals surface area contributed by atoms with Crippen molar-refractivity contribution in [3.05, 3.63) is 24.8 Å². The molecule has 0 aliphatic rings. The second-order valence-corrected chi connectivity index (χ2v) is 4.71. The van der Waals surface area contributed by atoms with Gasteiger partial charge in [-0.15, -0.1) is 6.58 Å². The van der Waals surface area contributed by atoms with E-state index in [-0.39, 0.29) is 13.2 Å². The van der Waals surface area contributed by atoms with E-state index in [0.29, 0.717) is 0 Å². The van der Waals surface area contributed by atoms with Crippen LogP contribution in [0.5, 0.6) is 0 Å². The minimum Gasteiger partial charge on any atom is -0.302 e. The van der Waals surface area contributed by atoms with Crippen LogP contribution in [0.3, 0.4) is 0 Å². The molecular weight excluding hydrogens is 239 g/mol. The molecule has 102 valence electrons. The highest BCUT2D eigenvalue weighted by Gasteiger charge is 2.19. The Morgan fingerprint density at radius 1 is 1.24 bits per heavy atom. The van der Waals surface area contributed by atoms with Gasteiger partial charge in [0.1, 0.15) is 0 Å². The Balaban J connectivity index is 0. The standard InChI is InChI=1S/C8H17O4P.C4H8/c1-3-5-6-8-12-13(9,10)11-7-4-2;1-3-4-2/h4H,2-3,5-8H2,1H3,(H,9,10);3-4H,1-2H3. The first-order valence-electron chi connectivity index (χ1n) is 5.84. The van der Waals surface area contributed by atoms with Gasteiger partial charge in [-0.2, -0.15) is 0 Å². The second kappa shape index (κ2) is 13.7. The highest BCUT2D eigenvalue weighted by molar-refractivity contribution is 7.47. The molecule has 0 aliphatic carbocycles. The van der Waals surface area contributed by atoms with Gasteiger partial charge in [-0.25, -0.2) is 4.57 Å². The van der Waals surface area contributed by atoms with Gasteiger partial charge in [-0.1, -0.05) is 38.0 Å². The van der Waals surface area contributed by atoms with Crippen LogP contribution in [0.1, 0.15) is 40.0 Å². The number of phosphoric acid groups is 1. The van der Waals surface area contributed by atoms with Crippen LogP contribution < -0.4 is 0 Å². The van der Waals surface area contributed by atoms with Crippen LogP contribution in [0, 0.1) is 0 Å². The molecule has 0 spiro atoms. The van der Waals surface area contributed by atoms with E-state index in [9.17, 15) is 4.57 Å². The maximum absolute atomic E-state index is 11.0. The van der Waals surface area contributed by atoms with Crippen LogP contribution in [-0.2, 0) is 13.6 Å². The summed E-state index contributed by atoms with van der Waals surface area (Å²) in [5.74, 6) is 0. The lowest BCUT2D eigenvalue weighted by Gasteiger charge is -2.10. The van der Waals surface area contributed by atoms with Crippen molar-refractivity contribution in [3.63, 3.8) is 0 Å². The molecule has 1 atom stereocenters. The van der Waals surface area contributed by atoms with E-state index >= 15 is 0 Å². The third kappa shape index (κ3) is 18.2. The molecule has 0 aliphatic heterocycles. The minimum absolute atomic E-state index is 0.0293. The Hall–Kier alpha value is -0.410. The summed E-state index contributed by atoms with van der Waals surface area (Å²) in [6, 6.07) is 0. The summed E-state index contributed by atoms with van der Waals surface area (Å²) in [4.78, 5) is 9.01. The highest BCUT2D eigenvalue weighted by atomic mass is 31.2. The van der Waals surface area contributed by atoms with Crippen molar-refractivity contribution >= 4 is 7.82 Å². The SMILES string of the molecule is C=CCOP(=O)(O)OCCCCC.CC=CC. The summed E-state index contributed by atoms with van der Waals surface area (Å²) >= 11 is 0. The Bertz CT molecular complexity index is 235. The van der Waals surface area contributed by atoms with E-state index in [1.165, 1.54) is 6.08 Å². The predicted molar refractivity (Wildman–Crippen MR) is 71.9 cm³/mol. The summed E-state index contributed by atoms with van der Waals surface area (Å²) in [7, 11) is -3.82. The molecule has 0 rings (SSSR count). The molecule has 0 heterocycles. The summed E-state index contributed by atoms with van der Waals surface area (Å²) in [6.45, 7) is 9.70. The van der Waals surface area contributed by atoms with E-state index in [1.54, 1.807) is 0 Å². The number of phosphoric ester groups is 1. The predicted octanol–water partition coefficient (Wildman–Crippen LogP) is 4.08. The second-order valence-electron chi connectivity index (χ2n) is 3.26. The smallest absolute Gasteiger partial charge is 0.302 e. The van der Waals surface area contributed by atoms with Crippen molar-refractivity contribution in [1.29, 1.82) is 0 Å². The summed E-state index contributed by atoms with van der Waals surface area (Å²) in [6.07, 6.45) is 8.21. The van der Waals surface area contributed by atoms with E-state index in [4.69, 9.17) is 4.89 Å². The summed E-state index contributed by atoms with van der Waals surface area (Å²) in [5, 5.41) is 0. The van der Waals surface area contributed by atoms with Crippen molar-refractivity contribution in [1.82, 2.24) is 0 Å². The molecule has 17 heavy (non-hydrogen) atoms. The average molecular weight is 264 g/mol. The normalized spacial score (nSPS) is 13.9. The topological polar surface area (TPSA) is 55.8 Å². The summed E-state index contributed by atoms with van der Waals surface area (Å²) < 4.78 is 20.2. The Kier molecular flexibility index (Phi) is 15.2. The minimum atomic E-state index is -3.82. The zero-order valence-corrected chi connectivity index (χ0v) is 12.0. The van der Waals surface area contributed by atoms with Crippen molar-refractivity contribution in [2.24, 2.45) is 0 Å². The van der Waals surface area contributed by atoms with Gasteiger partial charge < -0.3 is 4.89 Å². The van der Waals surface area contributed by atoms with Gasteiger partial charge in [-0.05, 0) is 20.3 Å². The van der Waals surface area contributed by atoms with Gasteiger partial charge in [0.2, 0.25) is 0 Å². The van der Waals surface area contributed by atoms with Crippen molar-refractivity contribution in [3.8, 4) is 0 Å². The maximum Gasteiger partial charge on any atom is 0.472 e. The van der Waals surface area contributed by atoms with Crippen molar-refractivity contribution < 1.29 is 18.5 Å². The molecule has 1 N–H and O–H groups in total. The van der Waals surface area contributed by atoms with Crippen LogP contribution in [0.25, 0.3) is 0 Å². The molecule has 0 radical (unpaired) electrons. The average Bonchev–Trinajstić information content (AvgIpc) is 2.32. The fourth-order valence-corrected chi connectivity index (χ4v) is 1.44. The Labute approximate surface area is 105 Å².